The topological polar surface area (TPSA) is 16.8 Å². The average molecular weight is 209 g/mol. The van der Waals surface area contributed by atoms with Gasteiger partial charge in [0.2, 0.25) is 5.52 Å². The summed E-state index contributed by atoms with van der Waals surface area (Å²) >= 11 is 0. The van der Waals surface area contributed by atoms with Crippen molar-refractivity contribution in [1.82, 2.24) is 4.98 Å². The van der Waals surface area contributed by atoms with E-state index in [1.807, 2.05) is 12.4 Å². The van der Waals surface area contributed by atoms with Gasteiger partial charge in [0.05, 0.1) is 6.20 Å². The largest absolute Gasteiger partial charge is 0.244 e. The molecular formula is C14H13N2+. The van der Waals surface area contributed by atoms with Gasteiger partial charge in [-0.25, -0.2) is 4.98 Å². The molecule has 0 fully saturated rings. The first-order valence-corrected chi connectivity index (χ1v) is 5.55. The zero-order valence-electron chi connectivity index (χ0n) is 9.22. The van der Waals surface area contributed by atoms with E-state index in [0.29, 0.717) is 0 Å². The van der Waals surface area contributed by atoms with Crippen LogP contribution in [0.4, 0.5) is 0 Å². The van der Waals surface area contributed by atoms with Crippen LogP contribution in [0.3, 0.4) is 0 Å². The van der Waals surface area contributed by atoms with E-state index in [2.05, 4.69) is 52.9 Å². The van der Waals surface area contributed by atoms with Crippen molar-refractivity contribution in [2.24, 2.45) is 0 Å². The molecule has 0 aliphatic rings. The molecule has 0 spiro atoms. The molecule has 0 amide bonds. The molecule has 1 aromatic heterocycles. The number of rotatable bonds is 1. The Hall–Kier alpha value is -1.96. The molecule has 2 nitrogen and oxygen atoms in total. The molecule has 16 heavy (non-hydrogen) atoms. The predicted molar refractivity (Wildman–Crippen MR) is 65.1 cm³/mol. The maximum atomic E-state index is 4.42. The minimum absolute atomic E-state index is 0.970. The number of fused-ring (bicyclic) bond motifs is 2. The van der Waals surface area contributed by atoms with Crippen LogP contribution in [0.1, 0.15) is 6.92 Å². The molecule has 2 aromatic carbocycles. The molecule has 0 bridgehead atoms. The fraction of sp³-hybridized carbons (Fsp3) is 0.143. The molecule has 2 heteroatoms. The van der Waals surface area contributed by atoms with Gasteiger partial charge < -0.3 is 0 Å². The third-order valence-corrected chi connectivity index (χ3v) is 2.95. The van der Waals surface area contributed by atoms with Crippen LogP contribution in [-0.4, -0.2) is 4.98 Å². The summed E-state index contributed by atoms with van der Waals surface area (Å²) < 4.78 is 2.22. The zero-order chi connectivity index (χ0) is 11.0. The van der Waals surface area contributed by atoms with Crippen molar-refractivity contribution in [2.45, 2.75) is 13.5 Å². The van der Waals surface area contributed by atoms with Crippen LogP contribution in [0.5, 0.6) is 0 Å². The average Bonchev–Trinajstić information content (AvgIpc) is 2.35. The van der Waals surface area contributed by atoms with E-state index < -0.39 is 0 Å². The molecule has 0 aliphatic heterocycles. The fourth-order valence-electron chi connectivity index (χ4n) is 2.10. The number of benzene rings is 2. The van der Waals surface area contributed by atoms with E-state index in [1.54, 1.807) is 0 Å². The highest BCUT2D eigenvalue weighted by Crippen LogP contribution is 2.18. The molecule has 0 atom stereocenters. The van der Waals surface area contributed by atoms with Gasteiger partial charge in [0.25, 0.3) is 0 Å². The number of aromatic nitrogens is 2. The number of hydrogen-bond donors (Lipinski definition) is 0. The summed E-state index contributed by atoms with van der Waals surface area (Å²) in [4.78, 5) is 4.42. The Morgan fingerprint density at radius 3 is 2.62 bits per heavy atom. The minimum Gasteiger partial charge on any atom is -0.244 e. The van der Waals surface area contributed by atoms with Gasteiger partial charge in [-0.1, -0.05) is 24.3 Å². The first kappa shape index (κ1) is 9.28. The number of nitrogens with zero attached hydrogens (tertiary/aromatic N) is 2. The Morgan fingerprint density at radius 2 is 1.88 bits per heavy atom. The van der Waals surface area contributed by atoms with E-state index in [1.165, 1.54) is 16.3 Å². The van der Waals surface area contributed by atoms with E-state index in [4.69, 9.17) is 0 Å². The van der Waals surface area contributed by atoms with Gasteiger partial charge >= 0.3 is 0 Å². The lowest BCUT2D eigenvalue weighted by atomic mass is 10.1. The van der Waals surface area contributed by atoms with Gasteiger partial charge in [0.1, 0.15) is 12.1 Å². The summed E-state index contributed by atoms with van der Waals surface area (Å²) in [6.07, 6.45) is 3.89. The van der Waals surface area contributed by atoms with Crippen molar-refractivity contribution in [3.63, 3.8) is 0 Å². The Morgan fingerprint density at radius 1 is 1.12 bits per heavy atom. The SMILES string of the molecule is CC[n+]1ccnc2cc3ccccc3cc21. The molecule has 0 aliphatic carbocycles. The van der Waals surface area contributed by atoms with Crippen LogP contribution in [0, 0.1) is 0 Å². The molecule has 78 valence electrons. The lowest BCUT2D eigenvalue weighted by Gasteiger charge is -2.00. The highest BCUT2D eigenvalue weighted by molar-refractivity contribution is 5.93. The van der Waals surface area contributed by atoms with E-state index in [0.717, 1.165) is 12.1 Å². The van der Waals surface area contributed by atoms with E-state index >= 15 is 0 Å². The monoisotopic (exact) mass is 209 g/mol. The van der Waals surface area contributed by atoms with Crippen LogP contribution in [0.25, 0.3) is 21.8 Å². The van der Waals surface area contributed by atoms with E-state index in [-0.39, 0.29) is 0 Å². The molecule has 1 heterocycles. The van der Waals surface area contributed by atoms with Crippen LogP contribution in [0.15, 0.2) is 48.8 Å². The van der Waals surface area contributed by atoms with Crippen LogP contribution in [0.2, 0.25) is 0 Å². The van der Waals surface area contributed by atoms with Crippen molar-refractivity contribution in [1.29, 1.82) is 0 Å². The van der Waals surface area contributed by atoms with Gasteiger partial charge in [0, 0.05) is 6.07 Å². The lowest BCUT2D eigenvalue weighted by molar-refractivity contribution is -0.668. The third-order valence-electron chi connectivity index (χ3n) is 2.95. The summed E-state index contributed by atoms with van der Waals surface area (Å²) in [5.41, 5.74) is 2.26. The molecule has 0 N–H and O–H groups in total. The smallest absolute Gasteiger partial charge is 0.231 e. The maximum Gasteiger partial charge on any atom is 0.231 e. The predicted octanol–water partition coefficient (Wildman–Crippen LogP) is 2.70. The standard InChI is InChI=1S/C14H13N2/c1-2-16-8-7-15-13-9-11-5-3-4-6-12(11)10-14(13)16/h3-10H,2H2,1H3/q+1. The minimum atomic E-state index is 0.970. The second-order valence-corrected chi connectivity index (χ2v) is 3.90. The Kier molecular flexibility index (Phi) is 2.07. The normalized spacial score (nSPS) is 11.1. The van der Waals surface area contributed by atoms with Gasteiger partial charge in [-0.05, 0) is 23.8 Å². The summed E-state index contributed by atoms with van der Waals surface area (Å²) in [5.74, 6) is 0. The first-order valence-electron chi connectivity index (χ1n) is 5.55. The second-order valence-electron chi connectivity index (χ2n) is 3.90. The highest BCUT2D eigenvalue weighted by atomic mass is 15.0. The van der Waals surface area contributed by atoms with Crippen molar-refractivity contribution >= 4 is 21.8 Å². The Labute approximate surface area is 94.2 Å². The lowest BCUT2D eigenvalue weighted by Crippen LogP contribution is -2.32. The highest BCUT2D eigenvalue weighted by Gasteiger charge is 2.08. The van der Waals surface area contributed by atoms with E-state index in [9.17, 15) is 0 Å². The van der Waals surface area contributed by atoms with Crippen molar-refractivity contribution in [3.05, 3.63) is 48.8 Å². The summed E-state index contributed by atoms with van der Waals surface area (Å²) in [6, 6.07) is 12.8. The van der Waals surface area contributed by atoms with Gasteiger partial charge in [-0.2, -0.15) is 4.57 Å². The molecule has 3 rings (SSSR count). The van der Waals surface area contributed by atoms with Crippen LogP contribution >= 0.6 is 0 Å². The summed E-state index contributed by atoms with van der Waals surface area (Å²) in [5, 5.41) is 2.52. The molecule has 0 saturated heterocycles. The second kappa shape index (κ2) is 3.56. The van der Waals surface area contributed by atoms with Gasteiger partial charge in [-0.3, -0.25) is 0 Å². The fourth-order valence-corrected chi connectivity index (χ4v) is 2.10. The molecule has 0 saturated carbocycles. The first-order chi connectivity index (χ1) is 7.88. The quantitative estimate of drug-likeness (QED) is 0.445. The van der Waals surface area contributed by atoms with Gasteiger partial charge in [-0.15, -0.1) is 0 Å². The van der Waals surface area contributed by atoms with Crippen LogP contribution in [-0.2, 0) is 6.54 Å². The summed E-state index contributed by atoms with van der Waals surface area (Å²) in [7, 11) is 0. The molecule has 0 unspecified atom stereocenters. The molecular weight excluding hydrogens is 196 g/mol. The maximum absolute atomic E-state index is 4.42. The molecule has 0 radical (unpaired) electrons. The number of hydrogen-bond acceptors (Lipinski definition) is 1. The summed E-state index contributed by atoms with van der Waals surface area (Å²) in [6.45, 7) is 3.12. The zero-order valence-corrected chi connectivity index (χ0v) is 9.22. The van der Waals surface area contributed by atoms with Crippen LogP contribution < -0.4 is 4.57 Å². The third kappa shape index (κ3) is 1.34. The van der Waals surface area contributed by atoms with Gasteiger partial charge in [0.15, 0.2) is 6.20 Å². The Balaban J connectivity index is 2.46. The van der Waals surface area contributed by atoms with Crippen molar-refractivity contribution in [3.8, 4) is 0 Å². The molecule has 3 aromatic rings. The number of aryl methyl sites for hydroxylation is 1. The van der Waals surface area contributed by atoms with Crippen molar-refractivity contribution < 1.29 is 4.57 Å². The van der Waals surface area contributed by atoms with Crippen molar-refractivity contribution in [2.75, 3.05) is 0 Å². The Bertz CT molecular complexity index is 659.